The molecular weight excluding hydrogens is 378 g/mol. The zero-order valence-electron chi connectivity index (χ0n) is 15.8. The van der Waals surface area contributed by atoms with Gasteiger partial charge in [-0.15, -0.1) is 0 Å². The molecule has 0 unspecified atom stereocenters. The number of para-hydroxylation sites is 1. The summed E-state index contributed by atoms with van der Waals surface area (Å²) in [7, 11) is 1.43. The van der Waals surface area contributed by atoms with E-state index in [1.54, 1.807) is 24.3 Å². The molecule has 29 heavy (non-hydrogen) atoms. The van der Waals surface area contributed by atoms with Crippen molar-refractivity contribution in [1.29, 1.82) is 0 Å². The van der Waals surface area contributed by atoms with E-state index in [2.05, 4.69) is 16.0 Å². The van der Waals surface area contributed by atoms with Gasteiger partial charge in [0.25, 0.3) is 11.8 Å². The van der Waals surface area contributed by atoms with Crippen molar-refractivity contribution in [1.82, 2.24) is 16.0 Å². The highest BCUT2D eigenvalue weighted by Crippen LogP contribution is 2.21. The Hall–Kier alpha value is -3.88. The maximum Gasteiger partial charge on any atom is 0.325 e. The lowest BCUT2D eigenvalue weighted by atomic mass is 10.2. The predicted molar refractivity (Wildman–Crippen MR) is 103 cm³/mol. The maximum atomic E-state index is 12.1. The highest BCUT2D eigenvalue weighted by molar-refractivity contribution is 5.96. The Morgan fingerprint density at radius 3 is 2.10 bits per heavy atom. The minimum Gasteiger partial charge on any atom is -0.457 e. The zero-order chi connectivity index (χ0) is 21.1. The first kappa shape index (κ1) is 21.4. The van der Waals surface area contributed by atoms with E-state index in [9.17, 15) is 19.2 Å². The normalized spacial score (nSPS) is 9.83. The molecular formula is C20H21N3O6. The molecule has 2 aromatic rings. The molecule has 0 aliphatic rings. The Morgan fingerprint density at radius 2 is 1.45 bits per heavy atom. The van der Waals surface area contributed by atoms with E-state index in [1.165, 1.54) is 7.05 Å². The lowest BCUT2D eigenvalue weighted by Gasteiger charge is -2.08. The first-order valence-corrected chi connectivity index (χ1v) is 8.72. The van der Waals surface area contributed by atoms with Crippen LogP contribution in [0.15, 0.2) is 54.6 Å². The van der Waals surface area contributed by atoms with Crippen LogP contribution < -0.4 is 20.7 Å². The second-order valence-electron chi connectivity index (χ2n) is 5.73. The molecule has 3 amide bonds. The first-order chi connectivity index (χ1) is 14.0. The smallest absolute Gasteiger partial charge is 0.325 e. The molecule has 0 aromatic heterocycles. The fraction of sp³-hybridized carbons (Fsp3) is 0.200. The fourth-order valence-corrected chi connectivity index (χ4v) is 2.07. The Kier molecular flexibility index (Phi) is 8.18. The number of ether oxygens (including phenoxy) is 2. The Balaban J connectivity index is 1.72. The molecule has 0 aliphatic carbocycles. The summed E-state index contributed by atoms with van der Waals surface area (Å²) in [6.07, 6.45) is 0. The van der Waals surface area contributed by atoms with Gasteiger partial charge in [-0.2, -0.15) is 0 Å². The number of benzene rings is 2. The average molecular weight is 399 g/mol. The van der Waals surface area contributed by atoms with Crippen molar-refractivity contribution >= 4 is 23.7 Å². The van der Waals surface area contributed by atoms with Crippen LogP contribution in [0.4, 0.5) is 0 Å². The van der Waals surface area contributed by atoms with E-state index in [0.29, 0.717) is 17.1 Å². The average Bonchev–Trinajstić information content (AvgIpc) is 2.75. The second-order valence-corrected chi connectivity index (χ2v) is 5.73. The third-order valence-corrected chi connectivity index (χ3v) is 3.58. The van der Waals surface area contributed by atoms with Gasteiger partial charge in [-0.1, -0.05) is 18.2 Å². The maximum absolute atomic E-state index is 12.1. The summed E-state index contributed by atoms with van der Waals surface area (Å²) in [6, 6.07) is 15.6. The van der Waals surface area contributed by atoms with Crippen molar-refractivity contribution in [3.8, 4) is 11.5 Å². The molecule has 0 aliphatic heterocycles. The highest BCUT2D eigenvalue weighted by atomic mass is 16.5. The van der Waals surface area contributed by atoms with Crippen molar-refractivity contribution in [2.24, 2.45) is 0 Å². The first-order valence-electron chi connectivity index (χ1n) is 8.72. The highest BCUT2D eigenvalue weighted by Gasteiger charge is 2.11. The second kappa shape index (κ2) is 11.1. The lowest BCUT2D eigenvalue weighted by molar-refractivity contribution is -0.147. The molecule has 0 saturated heterocycles. The largest absolute Gasteiger partial charge is 0.457 e. The number of esters is 1. The van der Waals surface area contributed by atoms with Crippen LogP contribution in [0.1, 0.15) is 10.4 Å². The third-order valence-electron chi connectivity index (χ3n) is 3.58. The molecule has 0 radical (unpaired) electrons. The summed E-state index contributed by atoms with van der Waals surface area (Å²) < 4.78 is 10.4. The van der Waals surface area contributed by atoms with Crippen LogP contribution in [-0.4, -0.2) is 50.4 Å². The number of rotatable bonds is 9. The van der Waals surface area contributed by atoms with E-state index in [0.717, 1.165) is 0 Å². The van der Waals surface area contributed by atoms with E-state index < -0.39 is 30.9 Å². The Bertz CT molecular complexity index is 852. The van der Waals surface area contributed by atoms with Crippen molar-refractivity contribution < 1.29 is 28.7 Å². The molecule has 0 spiro atoms. The summed E-state index contributed by atoms with van der Waals surface area (Å²) in [4.78, 5) is 46.1. The quantitative estimate of drug-likeness (QED) is 0.531. The fourth-order valence-electron chi connectivity index (χ4n) is 2.07. The molecule has 0 fully saturated rings. The summed E-state index contributed by atoms with van der Waals surface area (Å²) in [5.41, 5.74) is 0.335. The van der Waals surface area contributed by atoms with Gasteiger partial charge in [0.1, 0.15) is 18.0 Å². The van der Waals surface area contributed by atoms with Gasteiger partial charge in [0.15, 0.2) is 6.61 Å². The van der Waals surface area contributed by atoms with Crippen LogP contribution >= 0.6 is 0 Å². The van der Waals surface area contributed by atoms with Gasteiger partial charge in [-0.05, 0) is 36.4 Å². The zero-order valence-corrected chi connectivity index (χ0v) is 15.8. The van der Waals surface area contributed by atoms with Crippen molar-refractivity contribution in [3.63, 3.8) is 0 Å². The molecule has 0 bridgehead atoms. The number of amides is 3. The topological polar surface area (TPSA) is 123 Å². The lowest BCUT2D eigenvalue weighted by Crippen LogP contribution is -2.38. The van der Waals surface area contributed by atoms with Crippen LogP contribution in [0.2, 0.25) is 0 Å². The molecule has 152 valence electrons. The molecule has 9 heteroatoms. The molecule has 0 atom stereocenters. The minimum absolute atomic E-state index is 0.215. The predicted octanol–water partition coefficient (Wildman–Crippen LogP) is 0.614. The van der Waals surface area contributed by atoms with E-state index in [1.807, 2.05) is 30.3 Å². The van der Waals surface area contributed by atoms with E-state index in [4.69, 9.17) is 9.47 Å². The summed E-state index contributed by atoms with van der Waals surface area (Å²) in [5, 5.41) is 7.01. The van der Waals surface area contributed by atoms with Crippen LogP contribution in [0.5, 0.6) is 11.5 Å². The van der Waals surface area contributed by atoms with E-state index in [-0.39, 0.29) is 12.5 Å². The number of hydrogen-bond donors (Lipinski definition) is 3. The third kappa shape index (κ3) is 7.71. The van der Waals surface area contributed by atoms with Gasteiger partial charge in [0.2, 0.25) is 5.91 Å². The number of hydrogen-bond acceptors (Lipinski definition) is 6. The van der Waals surface area contributed by atoms with Crippen LogP contribution in [0, 0.1) is 0 Å². The van der Waals surface area contributed by atoms with Crippen LogP contribution in [0.25, 0.3) is 0 Å². The molecule has 2 aromatic carbocycles. The van der Waals surface area contributed by atoms with Gasteiger partial charge in [0.05, 0.1) is 6.54 Å². The van der Waals surface area contributed by atoms with Crippen LogP contribution in [-0.2, 0) is 19.1 Å². The Morgan fingerprint density at radius 1 is 0.793 bits per heavy atom. The van der Waals surface area contributed by atoms with Crippen molar-refractivity contribution in [2.75, 3.05) is 26.7 Å². The molecule has 3 N–H and O–H groups in total. The minimum atomic E-state index is -0.780. The van der Waals surface area contributed by atoms with Crippen molar-refractivity contribution in [2.45, 2.75) is 0 Å². The van der Waals surface area contributed by atoms with E-state index >= 15 is 0 Å². The SMILES string of the molecule is CNC(=O)CNC(=O)COC(=O)CNC(=O)c1ccc(Oc2ccccc2)cc1. The van der Waals surface area contributed by atoms with Crippen LogP contribution in [0.3, 0.4) is 0 Å². The summed E-state index contributed by atoms with van der Waals surface area (Å²) in [6.45, 7) is -1.16. The molecule has 0 saturated carbocycles. The van der Waals surface area contributed by atoms with Gasteiger partial charge >= 0.3 is 5.97 Å². The van der Waals surface area contributed by atoms with Gasteiger partial charge in [-0.25, -0.2) is 0 Å². The van der Waals surface area contributed by atoms with Gasteiger partial charge in [-0.3, -0.25) is 19.2 Å². The standard InChI is InChI=1S/C20H21N3O6/c1-21-17(24)11-22-18(25)13-28-19(26)12-23-20(27)14-7-9-16(10-8-14)29-15-5-3-2-4-6-15/h2-10H,11-13H2,1H3,(H,21,24)(H,22,25)(H,23,27). The van der Waals surface area contributed by atoms with Gasteiger partial charge < -0.3 is 25.4 Å². The molecule has 0 heterocycles. The van der Waals surface area contributed by atoms with Gasteiger partial charge in [0, 0.05) is 12.6 Å². The molecule has 2 rings (SSSR count). The number of carbonyl (C=O) groups excluding carboxylic acids is 4. The number of nitrogens with one attached hydrogen (secondary N) is 3. The number of carbonyl (C=O) groups is 4. The summed E-state index contributed by atoms with van der Waals surface area (Å²) >= 11 is 0. The monoisotopic (exact) mass is 399 g/mol. The molecule has 9 nitrogen and oxygen atoms in total. The van der Waals surface area contributed by atoms with Crippen molar-refractivity contribution in [3.05, 3.63) is 60.2 Å². The summed E-state index contributed by atoms with van der Waals surface area (Å²) in [5.74, 6) is -1.02. The number of likely N-dealkylation sites (N-methyl/N-ethyl adjacent to an activating group) is 1. The Labute approximate surface area is 167 Å².